The molecule has 5 nitrogen and oxygen atoms in total. The van der Waals surface area contributed by atoms with E-state index in [1.54, 1.807) is 25.2 Å². The van der Waals surface area contributed by atoms with Gasteiger partial charge in [0.1, 0.15) is 12.2 Å². The minimum absolute atomic E-state index is 0.0657. The Morgan fingerprint density at radius 2 is 2.20 bits per heavy atom. The van der Waals surface area contributed by atoms with Gasteiger partial charge < -0.3 is 14.8 Å². The maximum absolute atomic E-state index is 11.9. The third-order valence-corrected chi connectivity index (χ3v) is 3.22. The van der Waals surface area contributed by atoms with Crippen LogP contribution in [0.2, 0.25) is 0 Å². The van der Waals surface area contributed by atoms with Gasteiger partial charge in [0.25, 0.3) is 0 Å². The molecule has 0 aliphatic carbocycles. The van der Waals surface area contributed by atoms with Gasteiger partial charge in [-0.3, -0.25) is 4.79 Å². The van der Waals surface area contributed by atoms with Gasteiger partial charge in [-0.25, -0.2) is 4.98 Å². The molecule has 1 N–H and O–H groups in total. The van der Waals surface area contributed by atoms with Crippen molar-refractivity contribution in [2.45, 2.75) is 33.0 Å². The van der Waals surface area contributed by atoms with Crippen LogP contribution < -0.4 is 5.32 Å². The van der Waals surface area contributed by atoms with Gasteiger partial charge in [-0.15, -0.1) is 0 Å². The van der Waals surface area contributed by atoms with E-state index in [0.717, 1.165) is 17.6 Å². The third-order valence-electron chi connectivity index (χ3n) is 3.22. The Morgan fingerprint density at radius 3 is 2.85 bits per heavy atom. The number of likely N-dealkylation sites (N-methyl/N-ethyl adjacent to an activating group) is 1. The van der Waals surface area contributed by atoms with Crippen LogP contribution >= 0.6 is 0 Å². The molecule has 0 spiro atoms. The van der Waals surface area contributed by atoms with Gasteiger partial charge in [-0.05, 0) is 17.7 Å². The smallest absolute Gasteiger partial charge is 0.242 e. The molecular formula is C15H22N4O. The molecular weight excluding hydrogens is 252 g/mol. The molecule has 20 heavy (non-hydrogen) atoms. The minimum atomic E-state index is 0.0657. The van der Waals surface area contributed by atoms with Crippen molar-refractivity contribution in [1.29, 1.82) is 0 Å². The number of nitrogens with one attached hydrogen (secondary N) is 1. The first kappa shape index (κ1) is 14.5. The summed E-state index contributed by atoms with van der Waals surface area (Å²) in [6.07, 6.45) is 3.78. The Bertz CT molecular complexity index is 601. The van der Waals surface area contributed by atoms with Crippen molar-refractivity contribution in [2.75, 3.05) is 14.1 Å². The van der Waals surface area contributed by atoms with E-state index < -0.39 is 0 Å². The molecule has 0 unspecified atom stereocenters. The van der Waals surface area contributed by atoms with E-state index >= 15 is 0 Å². The monoisotopic (exact) mass is 274 g/mol. The van der Waals surface area contributed by atoms with Gasteiger partial charge in [0.15, 0.2) is 0 Å². The molecule has 5 heteroatoms. The molecule has 0 saturated heterocycles. The fourth-order valence-corrected chi connectivity index (χ4v) is 2.06. The topological polar surface area (TPSA) is 50.2 Å². The van der Waals surface area contributed by atoms with Crippen LogP contribution in [0.5, 0.6) is 0 Å². The summed E-state index contributed by atoms with van der Waals surface area (Å²) in [6, 6.07) is 4.41. The van der Waals surface area contributed by atoms with E-state index in [2.05, 4.69) is 30.2 Å². The summed E-state index contributed by atoms with van der Waals surface area (Å²) in [5.74, 6) is 0.0657. The molecule has 2 aromatic rings. The summed E-state index contributed by atoms with van der Waals surface area (Å²) in [7, 11) is 3.53. The van der Waals surface area contributed by atoms with Crippen LogP contribution in [0.3, 0.4) is 0 Å². The van der Waals surface area contributed by atoms with Gasteiger partial charge in [0.2, 0.25) is 5.91 Å². The largest absolute Gasteiger partial charge is 0.347 e. The lowest BCUT2D eigenvalue weighted by Crippen LogP contribution is -2.26. The molecule has 2 rings (SSSR count). The lowest BCUT2D eigenvalue weighted by atomic mass is 10.2. The number of rotatable bonds is 5. The number of carbonyl (C=O) groups is 1. The molecule has 108 valence electrons. The molecule has 1 amide bonds. The van der Waals surface area contributed by atoms with Crippen LogP contribution in [0, 0.1) is 0 Å². The third kappa shape index (κ3) is 3.17. The van der Waals surface area contributed by atoms with Crippen LogP contribution in [0.4, 0.5) is 0 Å². The second kappa shape index (κ2) is 6.05. The van der Waals surface area contributed by atoms with Crippen LogP contribution in [0.1, 0.15) is 19.4 Å². The highest BCUT2D eigenvalue weighted by molar-refractivity contribution is 5.83. The molecule has 2 heterocycles. The number of hydrogen-bond donors (Lipinski definition) is 1. The predicted molar refractivity (Wildman–Crippen MR) is 80.4 cm³/mol. The highest BCUT2D eigenvalue weighted by atomic mass is 16.2. The van der Waals surface area contributed by atoms with Crippen molar-refractivity contribution >= 4 is 16.9 Å². The Kier molecular flexibility index (Phi) is 4.39. The Morgan fingerprint density at radius 1 is 1.45 bits per heavy atom. The SMILES string of the molecule is CC(C)NCc1cn(CC(=O)N(C)C)c2ncccc12. The average Bonchev–Trinajstić information content (AvgIpc) is 2.75. The number of nitrogens with zero attached hydrogens (tertiary/aromatic N) is 3. The highest BCUT2D eigenvalue weighted by Gasteiger charge is 2.12. The van der Waals surface area contributed by atoms with Crippen molar-refractivity contribution in [3.63, 3.8) is 0 Å². The van der Waals surface area contributed by atoms with Crippen LogP contribution in [0.15, 0.2) is 24.5 Å². The summed E-state index contributed by atoms with van der Waals surface area (Å²) >= 11 is 0. The Balaban J connectivity index is 2.33. The Hall–Kier alpha value is -1.88. The number of carbonyl (C=O) groups excluding carboxylic acids is 1. The van der Waals surface area contributed by atoms with Gasteiger partial charge in [-0.2, -0.15) is 0 Å². The van der Waals surface area contributed by atoms with Crippen LogP contribution in [0.25, 0.3) is 11.0 Å². The fraction of sp³-hybridized carbons (Fsp3) is 0.467. The van der Waals surface area contributed by atoms with Crippen LogP contribution in [-0.4, -0.2) is 40.5 Å². The number of hydrogen-bond acceptors (Lipinski definition) is 3. The summed E-state index contributed by atoms with van der Waals surface area (Å²) < 4.78 is 1.93. The lowest BCUT2D eigenvalue weighted by molar-refractivity contribution is -0.129. The Labute approximate surface area is 119 Å². The normalized spacial score (nSPS) is 11.2. The second-order valence-electron chi connectivity index (χ2n) is 5.48. The van der Waals surface area contributed by atoms with Crippen molar-refractivity contribution in [1.82, 2.24) is 19.8 Å². The van der Waals surface area contributed by atoms with Gasteiger partial charge in [0, 0.05) is 44.5 Å². The molecule has 0 radical (unpaired) electrons. The van der Waals surface area contributed by atoms with E-state index in [4.69, 9.17) is 0 Å². The molecule has 0 aliphatic heterocycles. The molecule has 0 bridgehead atoms. The van der Waals surface area contributed by atoms with Crippen molar-refractivity contribution in [3.05, 3.63) is 30.1 Å². The highest BCUT2D eigenvalue weighted by Crippen LogP contribution is 2.19. The summed E-state index contributed by atoms with van der Waals surface area (Å²) in [5, 5.41) is 4.51. The number of fused-ring (bicyclic) bond motifs is 1. The quantitative estimate of drug-likeness (QED) is 0.901. The molecule has 0 aliphatic rings. The van der Waals surface area contributed by atoms with E-state index in [1.807, 2.05) is 16.8 Å². The molecule has 2 aromatic heterocycles. The van der Waals surface area contributed by atoms with Gasteiger partial charge >= 0.3 is 0 Å². The fourth-order valence-electron chi connectivity index (χ4n) is 2.06. The van der Waals surface area contributed by atoms with Crippen molar-refractivity contribution in [2.24, 2.45) is 0 Å². The van der Waals surface area contributed by atoms with E-state index in [0.29, 0.717) is 12.6 Å². The summed E-state index contributed by atoms with van der Waals surface area (Å²) in [5.41, 5.74) is 2.04. The zero-order valence-electron chi connectivity index (χ0n) is 12.6. The molecule has 0 atom stereocenters. The van der Waals surface area contributed by atoms with Crippen molar-refractivity contribution in [3.8, 4) is 0 Å². The van der Waals surface area contributed by atoms with Crippen LogP contribution in [-0.2, 0) is 17.9 Å². The zero-order valence-corrected chi connectivity index (χ0v) is 12.6. The number of amides is 1. The first-order valence-corrected chi connectivity index (χ1v) is 6.85. The average molecular weight is 274 g/mol. The van der Waals surface area contributed by atoms with E-state index in [1.165, 1.54) is 5.56 Å². The molecule has 0 aromatic carbocycles. The first-order chi connectivity index (χ1) is 9.49. The van der Waals surface area contributed by atoms with E-state index in [-0.39, 0.29) is 5.91 Å². The summed E-state index contributed by atoms with van der Waals surface area (Å²) in [6.45, 7) is 5.34. The maximum atomic E-state index is 11.9. The lowest BCUT2D eigenvalue weighted by Gasteiger charge is -2.11. The van der Waals surface area contributed by atoms with Gasteiger partial charge in [-0.1, -0.05) is 13.8 Å². The number of pyridine rings is 1. The molecule has 0 fully saturated rings. The predicted octanol–water partition coefficient (Wildman–Crippen LogP) is 1.62. The first-order valence-electron chi connectivity index (χ1n) is 6.85. The standard InChI is InChI=1S/C15H22N4O/c1-11(2)17-8-12-9-19(10-14(20)18(3)4)15-13(12)6-5-7-16-15/h5-7,9,11,17H,8,10H2,1-4H3. The van der Waals surface area contributed by atoms with Gasteiger partial charge in [0.05, 0.1) is 0 Å². The number of aromatic nitrogens is 2. The zero-order chi connectivity index (χ0) is 14.7. The minimum Gasteiger partial charge on any atom is -0.347 e. The molecule has 0 saturated carbocycles. The maximum Gasteiger partial charge on any atom is 0.242 e. The van der Waals surface area contributed by atoms with E-state index in [9.17, 15) is 4.79 Å². The summed E-state index contributed by atoms with van der Waals surface area (Å²) in [4.78, 5) is 17.9. The van der Waals surface area contributed by atoms with Crippen molar-refractivity contribution < 1.29 is 4.79 Å². The second-order valence-corrected chi connectivity index (χ2v) is 5.48.